The zero-order chi connectivity index (χ0) is 17.9. The lowest BCUT2D eigenvalue weighted by Crippen LogP contribution is -2.32. The number of benzene rings is 1. The smallest absolute Gasteiger partial charge is 0.335 e. The largest absolute Gasteiger partial charge is 0.489 e. The number of halogens is 2. The minimum absolute atomic E-state index is 0.0107. The Morgan fingerprint density at radius 2 is 1.92 bits per heavy atom. The second kappa shape index (κ2) is 7.15. The summed E-state index contributed by atoms with van der Waals surface area (Å²) in [7, 11) is 0. The highest BCUT2D eigenvalue weighted by Gasteiger charge is 2.37. The molecule has 1 fully saturated rings. The number of amides is 1. The number of aromatic carboxylic acids is 1. The van der Waals surface area contributed by atoms with Crippen molar-refractivity contribution in [2.45, 2.75) is 51.6 Å². The van der Waals surface area contributed by atoms with Crippen LogP contribution in [0, 0.1) is 5.92 Å². The predicted octanol–water partition coefficient (Wildman–Crippen LogP) is 3.94. The van der Waals surface area contributed by atoms with Crippen molar-refractivity contribution in [3.63, 3.8) is 0 Å². The number of hydrogen-bond acceptors (Lipinski definition) is 3. The molecule has 0 bridgehead atoms. The standard InChI is InChI=1S/C17H21F2NO4/c1-10(2)24-14-4-3-12(16(22)23)9-13(14)20-15(21)11-5-7-17(18,19)8-6-11/h3-4,9-11H,5-8H2,1-2H3,(H,20,21)(H,22,23). The quantitative estimate of drug-likeness (QED) is 0.851. The number of carboxylic acid groups (broad SMARTS) is 1. The van der Waals surface area contributed by atoms with E-state index in [0.29, 0.717) is 5.75 Å². The van der Waals surface area contributed by atoms with Gasteiger partial charge < -0.3 is 15.2 Å². The Hall–Kier alpha value is -2.18. The van der Waals surface area contributed by atoms with Gasteiger partial charge in [-0.1, -0.05) is 0 Å². The highest BCUT2D eigenvalue weighted by atomic mass is 19.3. The summed E-state index contributed by atoms with van der Waals surface area (Å²) in [6.45, 7) is 3.61. The van der Waals surface area contributed by atoms with Crippen molar-refractivity contribution in [1.82, 2.24) is 0 Å². The SMILES string of the molecule is CC(C)Oc1ccc(C(=O)O)cc1NC(=O)C1CCC(F)(F)CC1. The molecule has 2 N–H and O–H groups in total. The zero-order valence-corrected chi connectivity index (χ0v) is 13.6. The van der Waals surface area contributed by atoms with E-state index in [1.165, 1.54) is 18.2 Å². The Labute approximate surface area is 139 Å². The number of anilines is 1. The van der Waals surface area contributed by atoms with Gasteiger partial charge in [0.2, 0.25) is 11.8 Å². The molecule has 0 spiro atoms. The Kier molecular flexibility index (Phi) is 5.41. The fourth-order valence-electron chi connectivity index (χ4n) is 2.65. The second-order valence-corrected chi connectivity index (χ2v) is 6.30. The first-order valence-electron chi connectivity index (χ1n) is 7.90. The summed E-state index contributed by atoms with van der Waals surface area (Å²) in [5.41, 5.74) is 0.252. The van der Waals surface area contributed by atoms with Crippen molar-refractivity contribution in [2.75, 3.05) is 5.32 Å². The molecule has 5 nitrogen and oxygen atoms in total. The van der Waals surface area contributed by atoms with Crippen LogP contribution in [0.5, 0.6) is 5.75 Å². The second-order valence-electron chi connectivity index (χ2n) is 6.30. The summed E-state index contributed by atoms with van der Waals surface area (Å²) < 4.78 is 32.0. The number of carbonyl (C=O) groups excluding carboxylic acids is 1. The summed E-state index contributed by atoms with van der Waals surface area (Å²) in [4.78, 5) is 23.4. The summed E-state index contributed by atoms with van der Waals surface area (Å²) in [6.07, 6.45) is -0.564. The molecule has 1 aromatic carbocycles. The molecule has 1 saturated carbocycles. The third kappa shape index (κ3) is 4.66. The molecule has 1 aromatic rings. The molecule has 0 aromatic heterocycles. The van der Waals surface area contributed by atoms with Gasteiger partial charge in [-0.2, -0.15) is 0 Å². The van der Waals surface area contributed by atoms with Gasteiger partial charge in [0.1, 0.15) is 5.75 Å². The monoisotopic (exact) mass is 341 g/mol. The van der Waals surface area contributed by atoms with Crippen LogP contribution < -0.4 is 10.1 Å². The fourth-order valence-corrected chi connectivity index (χ4v) is 2.65. The normalized spacial score (nSPS) is 17.5. The van der Waals surface area contributed by atoms with E-state index in [9.17, 15) is 18.4 Å². The van der Waals surface area contributed by atoms with Crippen LogP contribution in [0.2, 0.25) is 0 Å². The summed E-state index contributed by atoms with van der Waals surface area (Å²) in [5.74, 6) is -4.37. The summed E-state index contributed by atoms with van der Waals surface area (Å²) >= 11 is 0. The molecule has 0 atom stereocenters. The van der Waals surface area contributed by atoms with Crippen LogP contribution in [0.1, 0.15) is 49.9 Å². The van der Waals surface area contributed by atoms with Crippen LogP contribution in [-0.2, 0) is 4.79 Å². The van der Waals surface area contributed by atoms with Gasteiger partial charge in [-0.15, -0.1) is 0 Å². The van der Waals surface area contributed by atoms with Gasteiger partial charge >= 0.3 is 5.97 Å². The number of rotatable bonds is 5. The van der Waals surface area contributed by atoms with Crippen LogP contribution in [0.15, 0.2) is 18.2 Å². The number of alkyl halides is 2. The minimum atomic E-state index is -2.70. The van der Waals surface area contributed by atoms with E-state index in [-0.39, 0.29) is 48.9 Å². The molecule has 0 aliphatic heterocycles. The van der Waals surface area contributed by atoms with E-state index in [4.69, 9.17) is 9.84 Å². The Morgan fingerprint density at radius 3 is 2.46 bits per heavy atom. The Morgan fingerprint density at radius 1 is 1.29 bits per heavy atom. The Bertz CT molecular complexity index is 621. The maximum atomic E-state index is 13.2. The van der Waals surface area contributed by atoms with E-state index in [1.807, 2.05) is 0 Å². The van der Waals surface area contributed by atoms with Gasteiger partial charge in [0.15, 0.2) is 0 Å². The number of carboxylic acids is 1. The highest BCUT2D eigenvalue weighted by Crippen LogP contribution is 2.37. The number of nitrogens with one attached hydrogen (secondary N) is 1. The molecule has 1 aliphatic carbocycles. The third-order valence-electron chi connectivity index (χ3n) is 3.93. The molecule has 1 amide bonds. The summed E-state index contributed by atoms with van der Waals surface area (Å²) in [6, 6.07) is 4.18. The molecular weight excluding hydrogens is 320 g/mol. The molecule has 2 rings (SSSR count). The van der Waals surface area contributed by atoms with E-state index < -0.39 is 17.8 Å². The zero-order valence-electron chi connectivity index (χ0n) is 13.6. The predicted molar refractivity (Wildman–Crippen MR) is 84.7 cm³/mol. The lowest BCUT2D eigenvalue weighted by molar-refractivity contribution is -0.124. The topological polar surface area (TPSA) is 75.6 Å². The lowest BCUT2D eigenvalue weighted by Gasteiger charge is -2.27. The first-order valence-corrected chi connectivity index (χ1v) is 7.90. The van der Waals surface area contributed by atoms with Crippen molar-refractivity contribution in [2.24, 2.45) is 5.92 Å². The number of carbonyl (C=O) groups is 2. The van der Waals surface area contributed by atoms with Gasteiger partial charge in [0.25, 0.3) is 0 Å². The van der Waals surface area contributed by atoms with E-state index >= 15 is 0 Å². The third-order valence-corrected chi connectivity index (χ3v) is 3.93. The molecule has 0 radical (unpaired) electrons. The van der Waals surface area contributed by atoms with Gasteiger partial charge in [0.05, 0.1) is 17.4 Å². The average Bonchev–Trinajstić information content (AvgIpc) is 2.48. The molecule has 0 heterocycles. The summed E-state index contributed by atoms with van der Waals surface area (Å²) in [5, 5.41) is 11.7. The first kappa shape index (κ1) is 18.2. The van der Waals surface area contributed by atoms with Gasteiger partial charge in [0, 0.05) is 18.8 Å². The van der Waals surface area contributed by atoms with Crippen LogP contribution in [0.25, 0.3) is 0 Å². The molecule has 7 heteroatoms. The molecule has 0 unspecified atom stereocenters. The van der Waals surface area contributed by atoms with Crippen molar-refractivity contribution >= 4 is 17.6 Å². The van der Waals surface area contributed by atoms with Crippen LogP contribution >= 0.6 is 0 Å². The van der Waals surface area contributed by atoms with E-state index in [1.54, 1.807) is 13.8 Å². The maximum absolute atomic E-state index is 13.2. The van der Waals surface area contributed by atoms with E-state index in [2.05, 4.69) is 5.32 Å². The van der Waals surface area contributed by atoms with Crippen LogP contribution in [0.3, 0.4) is 0 Å². The molecule has 0 saturated heterocycles. The van der Waals surface area contributed by atoms with Crippen molar-refractivity contribution < 1.29 is 28.2 Å². The van der Waals surface area contributed by atoms with Crippen molar-refractivity contribution in [3.8, 4) is 5.75 Å². The molecular formula is C17H21F2NO4. The molecule has 24 heavy (non-hydrogen) atoms. The highest BCUT2D eigenvalue weighted by molar-refractivity contribution is 5.96. The molecule has 1 aliphatic rings. The fraction of sp³-hybridized carbons (Fsp3) is 0.529. The van der Waals surface area contributed by atoms with Gasteiger partial charge in [-0.3, -0.25) is 4.79 Å². The lowest BCUT2D eigenvalue weighted by atomic mass is 9.86. The van der Waals surface area contributed by atoms with Crippen molar-refractivity contribution in [1.29, 1.82) is 0 Å². The van der Waals surface area contributed by atoms with Gasteiger partial charge in [-0.05, 0) is 44.9 Å². The van der Waals surface area contributed by atoms with Crippen molar-refractivity contribution in [3.05, 3.63) is 23.8 Å². The van der Waals surface area contributed by atoms with Crippen LogP contribution in [0.4, 0.5) is 14.5 Å². The maximum Gasteiger partial charge on any atom is 0.335 e. The number of hydrogen-bond donors (Lipinski definition) is 2. The average molecular weight is 341 g/mol. The first-order chi connectivity index (χ1) is 11.2. The van der Waals surface area contributed by atoms with Crippen LogP contribution in [-0.4, -0.2) is 29.0 Å². The van der Waals surface area contributed by atoms with E-state index in [0.717, 1.165) is 0 Å². The number of ether oxygens (including phenoxy) is 1. The minimum Gasteiger partial charge on any atom is -0.489 e. The Balaban J connectivity index is 2.15. The molecule has 132 valence electrons. The van der Waals surface area contributed by atoms with Gasteiger partial charge in [-0.25, -0.2) is 13.6 Å².